The molecule has 0 aromatic rings. The van der Waals surface area contributed by atoms with E-state index in [1.807, 2.05) is 0 Å². The van der Waals surface area contributed by atoms with Crippen LogP contribution in [-0.4, -0.2) is 48.3 Å². The lowest BCUT2D eigenvalue weighted by atomic mass is 10.0. The van der Waals surface area contributed by atoms with E-state index in [1.165, 1.54) is 58.2 Å². The van der Waals surface area contributed by atoms with E-state index < -0.39 is 0 Å². The maximum Gasteiger partial charge on any atom is 0.0445 e. The highest BCUT2D eigenvalue weighted by molar-refractivity contribution is 4.90. The van der Waals surface area contributed by atoms with E-state index in [4.69, 9.17) is 5.11 Å². The molecule has 3 nitrogen and oxygen atoms in total. The summed E-state index contributed by atoms with van der Waals surface area (Å²) in [7, 11) is 0. The molecule has 1 aliphatic heterocycles. The summed E-state index contributed by atoms with van der Waals surface area (Å²) in [5.41, 5.74) is 0. The molecular weight excluding hydrogens is 224 g/mol. The molecule has 0 amide bonds. The van der Waals surface area contributed by atoms with Gasteiger partial charge in [-0.1, -0.05) is 0 Å². The fourth-order valence-corrected chi connectivity index (χ4v) is 3.34. The molecule has 0 aromatic heterocycles. The molecule has 2 N–H and O–H groups in total. The Morgan fingerprint density at radius 2 is 1.78 bits per heavy atom. The van der Waals surface area contributed by atoms with Gasteiger partial charge in [0.15, 0.2) is 0 Å². The third-order valence-electron chi connectivity index (χ3n) is 4.88. The number of aliphatic hydroxyl groups is 1. The number of nitrogens with one attached hydrogen (secondary N) is 1. The second-order valence-corrected chi connectivity index (χ2v) is 6.64. The second kappa shape index (κ2) is 5.89. The van der Waals surface area contributed by atoms with Crippen LogP contribution in [0.5, 0.6) is 0 Å². The van der Waals surface area contributed by atoms with Gasteiger partial charge in [-0.05, 0) is 69.9 Å². The SMILES string of the molecule is OCCC(NC1CCN(CC2CC2)CC1)C1CC1. The topological polar surface area (TPSA) is 35.5 Å². The predicted octanol–water partition coefficient (Wildman–Crippen LogP) is 1.61. The average Bonchev–Trinajstić information content (AvgIpc) is 3.25. The quantitative estimate of drug-likeness (QED) is 0.722. The summed E-state index contributed by atoms with van der Waals surface area (Å²) in [6.07, 6.45) is 9.25. The molecule has 3 aliphatic rings. The molecule has 3 rings (SSSR count). The molecule has 3 fully saturated rings. The van der Waals surface area contributed by atoms with Crippen LogP contribution in [0.4, 0.5) is 0 Å². The molecule has 0 bridgehead atoms. The summed E-state index contributed by atoms with van der Waals surface area (Å²) in [6, 6.07) is 1.30. The zero-order valence-electron chi connectivity index (χ0n) is 11.5. The van der Waals surface area contributed by atoms with Gasteiger partial charge in [0.25, 0.3) is 0 Å². The molecule has 3 heteroatoms. The largest absolute Gasteiger partial charge is 0.396 e. The number of likely N-dealkylation sites (tertiary alicyclic amines) is 1. The Labute approximate surface area is 111 Å². The highest BCUT2D eigenvalue weighted by Gasteiger charge is 2.33. The summed E-state index contributed by atoms with van der Waals surface area (Å²) < 4.78 is 0. The molecule has 2 aliphatic carbocycles. The van der Waals surface area contributed by atoms with Gasteiger partial charge in [0.2, 0.25) is 0 Å². The normalized spacial score (nSPS) is 28.5. The van der Waals surface area contributed by atoms with Crippen molar-refractivity contribution in [1.82, 2.24) is 10.2 Å². The zero-order chi connectivity index (χ0) is 12.4. The van der Waals surface area contributed by atoms with Crippen LogP contribution < -0.4 is 5.32 Å². The Morgan fingerprint density at radius 1 is 1.06 bits per heavy atom. The molecule has 0 aromatic carbocycles. The van der Waals surface area contributed by atoms with Gasteiger partial charge in [0.1, 0.15) is 0 Å². The van der Waals surface area contributed by atoms with E-state index >= 15 is 0 Å². The Bertz CT molecular complexity index is 255. The monoisotopic (exact) mass is 252 g/mol. The summed E-state index contributed by atoms with van der Waals surface area (Å²) in [5, 5.41) is 13.0. The molecule has 2 saturated carbocycles. The van der Waals surface area contributed by atoms with Crippen LogP contribution in [0.2, 0.25) is 0 Å². The minimum Gasteiger partial charge on any atom is -0.396 e. The molecule has 0 radical (unpaired) electrons. The molecule has 1 unspecified atom stereocenters. The Morgan fingerprint density at radius 3 is 2.33 bits per heavy atom. The van der Waals surface area contributed by atoms with Crippen molar-refractivity contribution in [2.24, 2.45) is 11.8 Å². The first kappa shape index (κ1) is 12.9. The lowest BCUT2D eigenvalue weighted by Gasteiger charge is -2.34. The molecule has 1 heterocycles. The third kappa shape index (κ3) is 3.69. The summed E-state index contributed by atoms with van der Waals surface area (Å²) in [5.74, 6) is 1.89. The molecule has 0 spiro atoms. The van der Waals surface area contributed by atoms with Gasteiger partial charge in [-0.3, -0.25) is 0 Å². The molecule has 104 valence electrons. The van der Waals surface area contributed by atoms with Crippen molar-refractivity contribution in [2.75, 3.05) is 26.2 Å². The van der Waals surface area contributed by atoms with E-state index in [9.17, 15) is 0 Å². The number of hydrogen-bond acceptors (Lipinski definition) is 3. The Balaban J connectivity index is 1.38. The molecule has 1 atom stereocenters. The minimum absolute atomic E-state index is 0.342. The van der Waals surface area contributed by atoms with Crippen molar-refractivity contribution >= 4 is 0 Å². The Hall–Kier alpha value is -0.120. The zero-order valence-corrected chi connectivity index (χ0v) is 11.5. The van der Waals surface area contributed by atoms with E-state index in [0.29, 0.717) is 18.7 Å². The highest BCUT2D eigenvalue weighted by atomic mass is 16.3. The van der Waals surface area contributed by atoms with Gasteiger partial charge < -0.3 is 15.3 Å². The van der Waals surface area contributed by atoms with Crippen LogP contribution >= 0.6 is 0 Å². The van der Waals surface area contributed by atoms with E-state index in [0.717, 1.165) is 18.3 Å². The summed E-state index contributed by atoms with van der Waals surface area (Å²) in [4.78, 5) is 2.66. The maximum absolute atomic E-state index is 9.14. The van der Waals surface area contributed by atoms with Gasteiger partial charge >= 0.3 is 0 Å². The number of aliphatic hydroxyl groups excluding tert-OH is 1. The first-order valence-corrected chi connectivity index (χ1v) is 7.94. The van der Waals surface area contributed by atoms with E-state index in [2.05, 4.69) is 10.2 Å². The third-order valence-corrected chi connectivity index (χ3v) is 4.88. The summed E-state index contributed by atoms with van der Waals surface area (Å²) in [6.45, 7) is 4.26. The maximum atomic E-state index is 9.14. The number of piperidine rings is 1. The number of nitrogens with zero attached hydrogens (tertiary/aromatic N) is 1. The molecular formula is C15H28N2O. The van der Waals surface area contributed by atoms with E-state index in [-0.39, 0.29) is 0 Å². The fraction of sp³-hybridized carbons (Fsp3) is 1.00. The lowest BCUT2D eigenvalue weighted by molar-refractivity contribution is 0.174. The van der Waals surface area contributed by atoms with Crippen LogP contribution in [-0.2, 0) is 0 Å². The second-order valence-electron chi connectivity index (χ2n) is 6.64. The van der Waals surface area contributed by atoms with Gasteiger partial charge in [-0.2, -0.15) is 0 Å². The van der Waals surface area contributed by atoms with Crippen molar-refractivity contribution in [1.29, 1.82) is 0 Å². The smallest absolute Gasteiger partial charge is 0.0445 e. The Kier molecular flexibility index (Phi) is 4.22. The fourth-order valence-electron chi connectivity index (χ4n) is 3.34. The van der Waals surface area contributed by atoms with Crippen LogP contribution in [0, 0.1) is 11.8 Å². The van der Waals surface area contributed by atoms with Crippen LogP contribution in [0.15, 0.2) is 0 Å². The van der Waals surface area contributed by atoms with Crippen molar-refractivity contribution in [2.45, 2.75) is 57.0 Å². The van der Waals surface area contributed by atoms with Gasteiger partial charge in [-0.15, -0.1) is 0 Å². The van der Waals surface area contributed by atoms with Crippen molar-refractivity contribution in [3.8, 4) is 0 Å². The number of rotatable bonds is 7. The molecule has 18 heavy (non-hydrogen) atoms. The van der Waals surface area contributed by atoms with Crippen LogP contribution in [0.3, 0.4) is 0 Å². The molecule has 1 saturated heterocycles. The van der Waals surface area contributed by atoms with Gasteiger partial charge in [0, 0.05) is 25.2 Å². The standard InChI is InChI=1S/C15H28N2O/c18-10-7-15(13-3-4-13)16-14-5-8-17(9-6-14)11-12-1-2-12/h12-16,18H,1-11H2. The van der Waals surface area contributed by atoms with Crippen molar-refractivity contribution < 1.29 is 5.11 Å². The van der Waals surface area contributed by atoms with Crippen LogP contribution in [0.1, 0.15) is 44.9 Å². The lowest BCUT2D eigenvalue weighted by Crippen LogP contribution is -2.47. The number of hydrogen-bond donors (Lipinski definition) is 2. The van der Waals surface area contributed by atoms with Gasteiger partial charge in [0.05, 0.1) is 0 Å². The van der Waals surface area contributed by atoms with Crippen molar-refractivity contribution in [3.63, 3.8) is 0 Å². The van der Waals surface area contributed by atoms with E-state index in [1.54, 1.807) is 0 Å². The van der Waals surface area contributed by atoms with Crippen LogP contribution in [0.25, 0.3) is 0 Å². The highest BCUT2D eigenvalue weighted by Crippen LogP contribution is 2.35. The predicted molar refractivity (Wildman–Crippen MR) is 73.5 cm³/mol. The van der Waals surface area contributed by atoms with Gasteiger partial charge in [-0.25, -0.2) is 0 Å². The average molecular weight is 252 g/mol. The first-order valence-electron chi connectivity index (χ1n) is 7.94. The first-order chi connectivity index (χ1) is 8.85. The van der Waals surface area contributed by atoms with Crippen molar-refractivity contribution in [3.05, 3.63) is 0 Å². The minimum atomic E-state index is 0.342. The summed E-state index contributed by atoms with van der Waals surface area (Å²) >= 11 is 0.